The van der Waals surface area contributed by atoms with Crippen molar-refractivity contribution < 1.29 is 9.31 Å². The molecule has 0 spiro atoms. The number of nitrogens with zero attached hydrogens (tertiary/aromatic N) is 1. The number of anilines is 3. The highest BCUT2D eigenvalue weighted by molar-refractivity contribution is 6.64. The standard InChI is InChI=1S/C27H30BNO2/c1-25(2)19-13-7-10-16-22(19)29(23-17-11-8-14-20(23)25)24-18-12-9-15-21(24)28-30-26(3,4)27(5,6)31-28/h7-18H,1-6H3. The zero-order valence-corrected chi connectivity index (χ0v) is 19.3. The Bertz CT molecular complexity index is 1090. The van der Waals surface area contributed by atoms with Crippen molar-refractivity contribution >= 4 is 29.6 Å². The minimum absolute atomic E-state index is 0.0804. The number of hydrogen-bond donors (Lipinski definition) is 0. The molecule has 3 aromatic rings. The van der Waals surface area contributed by atoms with Gasteiger partial charge in [0.1, 0.15) is 0 Å². The molecule has 3 nitrogen and oxygen atoms in total. The first-order chi connectivity index (χ1) is 14.6. The Labute approximate surface area is 186 Å². The van der Waals surface area contributed by atoms with Gasteiger partial charge >= 0.3 is 7.12 Å². The van der Waals surface area contributed by atoms with Crippen LogP contribution in [-0.4, -0.2) is 18.3 Å². The maximum Gasteiger partial charge on any atom is 0.496 e. The van der Waals surface area contributed by atoms with E-state index in [0.29, 0.717) is 0 Å². The third kappa shape index (κ3) is 2.96. The van der Waals surface area contributed by atoms with Crippen molar-refractivity contribution in [3.8, 4) is 0 Å². The summed E-state index contributed by atoms with van der Waals surface area (Å²) in [6.07, 6.45) is 0. The highest BCUT2D eigenvalue weighted by atomic mass is 16.7. The second-order valence-electron chi connectivity index (χ2n) is 10.1. The van der Waals surface area contributed by atoms with E-state index >= 15 is 0 Å². The molecular formula is C27H30BNO2. The Kier molecular flexibility index (Phi) is 4.41. The maximum absolute atomic E-state index is 6.45. The van der Waals surface area contributed by atoms with Gasteiger partial charge in [-0.15, -0.1) is 0 Å². The lowest BCUT2D eigenvalue weighted by molar-refractivity contribution is 0.00578. The highest BCUT2D eigenvalue weighted by Crippen LogP contribution is 2.51. The van der Waals surface area contributed by atoms with Gasteiger partial charge in [0.15, 0.2) is 0 Å². The Hall–Kier alpha value is -2.56. The fourth-order valence-corrected chi connectivity index (χ4v) is 4.79. The zero-order chi connectivity index (χ0) is 22.0. The Morgan fingerprint density at radius 1 is 0.581 bits per heavy atom. The van der Waals surface area contributed by atoms with E-state index in [1.807, 2.05) is 0 Å². The third-order valence-electron chi connectivity index (χ3n) is 7.32. The van der Waals surface area contributed by atoms with E-state index in [-0.39, 0.29) is 16.6 Å². The van der Waals surface area contributed by atoms with E-state index in [1.165, 1.54) is 22.5 Å². The van der Waals surface area contributed by atoms with Crippen LogP contribution in [0.25, 0.3) is 0 Å². The lowest BCUT2D eigenvalue weighted by atomic mass is 9.72. The van der Waals surface area contributed by atoms with Gasteiger partial charge in [-0.05, 0) is 57.0 Å². The molecule has 4 heteroatoms. The summed E-state index contributed by atoms with van der Waals surface area (Å²) < 4.78 is 12.9. The minimum Gasteiger partial charge on any atom is -0.399 e. The highest BCUT2D eigenvalue weighted by Gasteiger charge is 2.52. The summed E-state index contributed by atoms with van der Waals surface area (Å²) in [6, 6.07) is 25.9. The molecule has 1 saturated heterocycles. The first kappa shape index (κ1) is 20.4. The molecule has 158 valence electrons. The van der Waals surface area contributed by atoms with Crippen LogP contribution in [0.5, 0.6) is 0 Å². The molecule has 0 bridgehead atoms. The molecule has 0 aromatic heterocycles. The quantitative estimate of drug-likeness (QED) is 0.476. The van der Waals surface area contributed by atoms with Crippen molar-refractivity contribution in [2.45, 2.75) is 58.2 Å². The fourth-order valence-electron chi connectivity index (χ4n) is 4.79. The second-order valence-corrected chi connectivity index (χ2v) is 10.1. The number of rotatable bonds is 2. The predicted octanol–water partition coefficient (Wildman–Crippen LogP) is 6.09. The van der Waals surface area contributed by atoms with Crippen LogP contribution in [0.15, 0.2) is 72.8 Å². The molecule has 2 heterocycles. The van der Waals surface area contributed by atoms with E-state index in [2.05, 4.69) is 119 Å². The van der Waals surface area contributed by atoms with E-state index in [4.69, 9.17) is 9.31 Å². The molecular weight excluding hydrogens is 381 g/mol. The number of benzene rings is 3. The van der Waals surface area contributed by atoms with Crippen LogP contribution in [0.1, 0.15) is 52.7 Å². The summed E-state index contributed by atoms with van der Waals surface area (Å²) in [5.41, 5.74) is 6.33. The van der Waals surface area contributed by atoms with Crippen LogP contribution in [-0.2, 0) is 14.7 Å². The number of hydrogen-bond acceptors (Lipinski definition) is 3. The molecule has 2 aliphatic heterocycles. The fraction of sp³-hybridized carbons (Fsp3) is 0.333. The van der Waals surface area contributed by atoms with Crippen molar-refractivity contribution in [1.82, 2.24) is 0 Å². The van der Waals surface area contributed by atoms with Crippen molar-refractivity contribution in [2.75, 3.05) is 4.90 Å². The van der Waals surface area contributed by atoms with Gasteiger partial charge in [0.2, 0.25) is 0 Å². The lowest BCUT2D eigenvalue weighted by Crippen LogP contribution is -2.41. The molecule has 0 N–H and O–H groups in total. The van der Waals surface area contributed by atoms with Gasteiger partial charge in [-0.3, -0.25) is 0 Å². The summed E-state index contributed by atoms with van der Waals surface area (Å²) >= 11 is 0. The monoisotopic (exact) mass is 411 g/mol. The van der Waals surface area contributed by atoms with E-state index < -0.39 is 7.12 Å². The minimum atomic E-state index is -0.421. The van der Waals surface area contributed by atoms with Crippen LogP contribution in [0.4, 0.5) is 17.1 Å². The van der Waals surface area contributed by atoms with Crippen molar-refractivity contribution in [1.29, 1.82) is 0 Å². The van der Waals surface area contributed by atoms with Crippen molar-refractivity contribution in [2.24, 2.45) is 0 Å². The Morgan fingerprint density at radius 3 is 1.52 bits per heavy atom. The first-order valence-corrected chi connectivity index (χ1v) is 11.1. The van der Waals surface area contributed by atoms with Crippen LogP contribution >= 0.6 is 0 Å². The molecule has 0 saturated carbocycles. The van der Waals surface area contributed by atoms with Crippen molar-refractivity contribution in [3.63, 3.8) is 0 Å². The molecule has 2 aliphatic rings. The van der Waals surface area contributed by atoms with E-state index in [1.54, 1.807) is 0 Å². The molecule has 0 amide bonds. The predicted molar refractivity (Wildman–Crippen MR) is 129 cm³/mol. The summed E-state index contributed by atoms with van der Waals surface area (Å²) in [5.74, 6) is 0. The summed E-state index contributed by atoms with van der Waals surface area (Å²) in [6.45, 7) is 13.0. The summed E-state index contributed by atoms with van der Waals surface area (Å²) in [4.78, 5) is 2.37. The average Bonchev–Trinajstić information content (AvgIpc) is 2.96. The molecule has 0 aliphatic carbocycles. The van der Waals surface area contributed by atoms with Gasteiger partial charge in [-0.25, -0.2) is 0 Å². The molecule has 1 fully saturated rings. The molecule has 3 aromatic carbocycles. The largest absolute Gasteiger partial charge is 0.496 e. The molecule has 31 heavy (non-hydrogen) atoms. The van der Waals surface area contributed by atoms with Gasteiger partial charge in [0, 0.05) is 16.6 Å². The average molecular weight is 411 g/mol. The summed E-state index contributed by atoms with van der Waals surface area (Å²) in [5, 5.41) is 0. The van der Waals surface area contributed by atoms with Crippen LogP contribution in [0, 0.1) is 0 Å². The molecule has 5 rings (SSSR count). The van der Waals surface area contributed by atoms with E-state index in [0.717, 1.165) is 11.2 Å². The lowest BCUT2D eigenvalue weighted by Gasteiger charge is -2.42. The van der Waals surface area contributed by atoms with Crippen LogP contribution in [0.3, 0.4) is 0 Å². The normalized spacial score (nSPS) is 20.3. The van der Waals surface area contributed by atoms with Gasteiger partial charge < -0.3 is 14.2 Å². The van der Waals surface area contributed by atoms with Crippen LogP contribution < -0.4 is 10.4 Å². The second kappa shape index (κ2) is 6.72. The van der Waals surface area contributed by atoms with E-state index in [9.17, 15) is 0 Å². The van der Waals surface area contributed by atoms with Crippen molar-refractivity contribution in [3.05, 3.63) is 83.9 Å². The molecule has 0 unspecified atom stereocenters. The molecule has 0 atom stereocenters. The third-order valence-corrected chi connectivity index (χ3v) is 7.32. The van der Waals surface area contributed by atoms with Gasteiger partial charge in [-0.1, -0.05) is 68.4 Å². The summed E-state index contributed by atoms with van der Waals surface area (Å²) in [7, 11) is -0.421. The Balaban J connectivity index is 1.72. The zero-order valence-electron chi connectivity index (χ0n) is 19.3. The van der Waals surface area contributed by atoms with Gasteiger partial charge in [0.05, 0.1) is 22.6 Å². The number of fused-ring (bicyclic) bond motifs is 2. The SMILES string of the molecule is CC1(C)c2ccccc2N(c2ccccc2B2OC(C)(C)C(C)(C)O2)c2ccccc21. The first-order valence-electron chi connectivity index (χ1n) is 11.1. The topological polar surface area (TPSA) is 21.7 Å². The van der Waals surface area contributed by atoms with Gasteiger partial charge in [-0.2, -0.15) is 0 Å². The van der Waals surface area contributed by atoms with Crippen LogP contribution in [0.2, 0.25) is 0 Å². The maximum atomic E-state index is 6.45. The van der Waals surface area contributed by atoms with Gasteiger partial charge in [0.25, 0.3) is 0 Å². The molecule has 0 radical (unpaired) electrons. The smallest absolute Gasteiger partial charge is 0.399 e. The Morgan fingerprint density at radius 2 is 1.00 bits per heavy atom. The number of para-hydroxylation sites is 3.